The molecule has 0 spiro atoms. The molecule has 7 heteroatoms. The molecule has 1 aromatic rings. The Hall–Kier alpha value is -1.11. The minimum Gasteiger partial charge on any atom is -0.354 e. The first kappa shape index (κ1) is 18.9. The molecule has 5 nitrogen and oxygen atoms in total. The number of hydrogen-bond donors (Lipinski definition) is 2. The molecule has 0 heterocycles. The summed E-state index contributed by atoms with van der Waals surface area (Å²) in [5.74, 6) is -0.166. The van der Waals surface area contributed by atoms with E-state index in [-0.39, 0.29) is 29.5 Å². The molecular weight excluding hydrogens is 324 g/mol. The normalized spacial score (nSPS) is 18.7. The van der Waals surface area contributed by atoms with Crippen LogP contribution in [0.4, 0.5) is 0 Å². The average Bonchev–Trinajstić information content (AvgIpc) is 3.14. The van der Waals surface area contributed by atoms with Crippen LogP contribution in [0.3, 0.4) is 0 Å². The summed E-state index contributed by atoms with van der Waals surface area (Å²) in [6.45, 7) is 2.02. The van der Waals surface area contributed by atoms with Gasteiger partial charge < -0.3 is 11.1 Å². The van der Waals surface area contributed by atoms with Gasteiger partial charge in [-0.15, -0.1) is 12.4 Å². The Morgan fingerprint density at radius 3 is 2.32 bits per heavy atom. The van der Waals surface area contributed by atoms with Gasteiger partial charge in [0.15, 0.2) is 0 Å². The van der Waals surface area contributed by atoms with Crippen LogP contribution in [0.2, 0.25) is 0 Å². The maximum absolute atomic E-state index is 12.3. The molecule has 1 saturated carbocycles. The van der Waals surface area contributed by atoms with E-state index in [0.717, 1.165) is 18.4 Å². The van der Waals surface area contributed by atoms with Crippen LogP contribution in [0.15, 0.2) is 30.3 Å². The third-order valence-electron chi connectivity index (χ3n) is 3.99. The summed E-state index contributed by atoms with van der Waals surface area (Å²) in [5, 5.41) is 2.82. The lowest BCUT2D eigenvalue weighted by molar-refractivity contribution is -0.126. The minimum atomic E-state index is -3.04. The van der Waals surface area contributed by atoms with Crippen LogP contribution in [-0.4, -0.2) is 32.9 Å². The maximum Gasteiger partial charge on any atom is 0.244 e. The minimum absolute atomic E-state index is 0. The molecule has 0 saturated heterocycles. The fourth-order valence-electron chi connectivity index (χ4n) is 2.47. The van der Waals surface area contributed by atoms with Crippen molar-refractivity contribution in [2.75, 3.05) is 18.6 Å². The van der Waals surface area contributed by atoms with Crippen LogP contribution >= 0.6 is 12.4 Å². The van der Waals surface area contributed by atoms with Gasteiger partial charge in [-0.3, -0.25) is 4.79 Å². The van der Waals surface area contributed by atoms with Crippen LogP contribution in [-0.2, 0) is 20.2 Å². The van der Waals surface area contributed by atoms with Crippen molar-refractivity contribution >= 4 is 28.2 Å². The summed E-state index contributed by atoms with van der Waals surface area (Å²) >= 11 is 0. The highest BCUT2D eigenvalue weighted by molar-refractivity contribution is 7.90. The van der Waals surface area contributed by atoms with Crippen LogP contribution in [0, 0.1) is 5.41 Å². The lowest BCUT2D eigenvalue weighted by Crippen LogP contribution is -2.50. The Labute approximate surface area is 138 Å². The fourth-order valence-corrected chi connectivity index (χ4v) is 3.98. The first-order valence-electron chi connectivity index (χ1n) is 6.95. The molecule has 1 atom stereocenters. The molecule has 1 aromatic carbocycles. The predicted molar refractivity (Wildman–Crippen MR) is 89.6 cm³/mol. The van der Waals surface area contributed by atoms with Crippen molar-refractivity contribution in [3.8, 4) is 0 Å². The number of nitrogens with one attached hydrogen (secondary N) is 1. The number of rotatable bonds is 6. The quantitative estimate of drug-likeness (QED) is 0.810. The molecule has 1 amide bonds. The van der Waals surface area contributed by atoms with Crippen molar-refractivity contribution < 1.29 is 13.2 Å². The van der Waals surface area contributed by atoms with E-state index in [1.807, 2.05) is 30.3 Å². The first-order valence-corrected chi connectivity index (χ1v) is 9.01. The van der Waals surface area contributed by atoms with E-state index in [1.54, 1.807) is 6.92 Å². The van der Waals surface area contributed by atoms with Crippen LogP contribution in [0.5, 0.6) is 0 Å². The molecule has 1 aliphatic rings. The summed E-state index contributed by atoms with van der Waals surface area (Å²) in [7, 11) is -3.04. The average molecular weight is 347 g/mol. The molecule has 124 valence electrons. The number of halogens is 1. The highest BCUT2D eigenvalue weighted by Gasteiger charge is 2.46. The van der Waals surface area contributed by atoms with Crippen LogP contribution < -0.4 is 11.1 Å². The van der Waals surface area contributed by atoms with Gasteiger partial charge in [-0.25, -0.2) is 8.42 Å². The number of amides is 1. The molecule has 3 N–H and O–H groups in total. The topological polar surface area (TPSA) is 89.3 Å². The standard InChI is InChI=1S/C15H22N2O3S.ClH/c1-14(16,12-6-4-3-5-7-12)13(18)17-10-15(8-9-15)11-21(2,19)20;/h3-7H,8-11,16H2,1-2H3,(H,17,18);1H. The van der Waals surface area contributed by atoms with Crippen LogP contribution in [0.25, 0.3) is 0 Å². The number of carbonyl (C=O) groups is 1. The third kappa shape index (κ3) is 4.69. The summed E-state index contributed by atoms with van der Waals surface area (Å²) in [6, 6.07) is 9.15. The molecule has 2 rings (SSSR count). The van der Waals surface area contributed by atoms with Gasteiger partial charge in [0.2, 0.25) is 5.91 Å². The lowest BCUT2D eigenvalue weighted by Gasteiger charge is -2.25. The number of benzene rings is 1. The molecule has 0 radical (unpaired) electrons. The largest absolute Gasteiger partial charge is 0.354 e. The van der Waals surface area contributed by atoms with Crippen LogP contribution in [0.1, 0.15) is 25.3 Å². The number of hydrogen-bond acceptors (Lipinski definition) is 4. The van der Waals surface area contributed by atoms with E-state index in [4.69, 9.17) is 5.73 Å². The number of nitrogens with two attached hydrogens (primary N) is 1. The van der Waals surface area contributed by atoms with E-state index in [9.17, 15) is 13.2 Å². The highest BCUT2D eigenvalue weighted by atomic mass is 35.5. The SMILES string of the molecule is CC(N)(C(=O)NCC1(CS(C)(=O)=O)CC1)c1ccccc1.Cl. The van der Waals surface area contributed by atoms with Crippen molar-refractivity contribution in [2.45, 2.75) is 25.3 Å². The smallest absolute Gasteiger partial charge is 0.244 e. The maximum atomic E-state index is 12.3. The second-order valence-electron chi connectivity index (χ2n) is 6.32. The Morgan fingerprint density at radius 2 is 1.86 bits per heavy atom. The van der Waals surface area contributed by atoms with Crippen molar-refractivity contribution in [1.82, 2.24) is 5.32 Å². The van der Waals surface area contributed by atoms with Gasteiger partial charge in [0.1, 0.15) is 15.4 Å². The molecule has 0 bridgehead atoms. The van der Waals surface area contributed by atoms with E-state index >= 15 is 0 Å². The van der Waals surface area contributed by atoms with E-state index in [0.29, 0.717) is 6.54 Å². The Morgan fingerprint density at radius 1 is 1.32 bits per heavy atom. The zero-order valence-electron chi connectivity index (χ0n) is 12.8. The van der Waals surface area contributed by atoms with Crippen molar-refractivity contribution in [3.05, 3.63) is 35.9 Å². The summed E-state index contributed by atoms with van der Waals surface area (Å²) in [5.41, 5.74) is 5.44. The summed E-state index contributed by atoms with van der Waals surface area (Å²) < 4.78 is 22.8. The highest BCUT2D eigenvalue weighted by Crippen LogP contribution is 2.46. The molecule has 22 heavy (non-hydrogen) atoms. The number of sulfone groups is 1. The van der Waals surface area contributed by atoms with E-state index < -0.39 is 15.4 Å². The monoisotopic (exact) mass is 346 g/mol. The fraction of sp³-hybridized carbons (Fsp3) is 0.533. The molecular formula is C15H23ClN2O3S. The second kappa shape index (κ2) is 6.56. The van der Waals surface area contributed by atoms with Gasteiger partial charge in [-0.2, -0.15) is 0 Å². The van der Waals surface area contributed by atoms with Crippen molar-refractivity contribution in [2.24, 2.45) is 11.1 Å². The third-order valence-corrected chi connectivity index (χ3v) is 5.13. The van der Waals surface area contributed by atoms with Gasteiger partial charge in [-0.05, 0) is 25.3 Å². The van der Waals surface area contributed by atoms with E-state index in [2.05, 4.69) is 5.32 Å². The zero-order valence-corrected chi connectivity index (χ0v) is 14.5. The Bertz CT molecular complexity index is 625. The van der Waals surface area contributed by atoms with Gasteiger partial charge in [0.25, 0.3) is 0 Å². The number of carbonyl (C=O) groups excluding carboxylic acids is 1. The molecule has 1 aliphatic carbocycles. The lowest BCUT2D eigenvalue weighted by atomic mass is 9.92. The molecule has 0 aromatic heterocycles. The molecule has 0 aliphatic heterocycles. The Kier molecular flexibility index (Phi) is 5.65. The predicted octanol–water partition coefficient (Wildman–Crippen LogP) is 1.22. The van der Waals surface area contributed by atoms with Crippen molar-refractivity contribution in [3.63, 3.8) is 0 Å². The van der Waals surface area contributed by atoms with Gasteiger partial charge in [-0.1, -0.05) is 30.3 Å². The molecule has 1 fully saturated rings. The first-order chi connectivity index (χ1) is 9.65. The molecule has 1 unspecified atom stereocenters. The summed E-state index contributed by atoms with van der Waals surface area (Å²) in [6.07, 6.45) is 2.88. The zero-order chi connectivity index (χ0) is 15.7. The van der Waals surface area contributed by atoms with Crippen molar-refractivity contribution in [1.29, 1.82) is 0 Å². The Balaban J connectivity index is 0.00000242. The van der Waals surface area contributed by atoms with Gasteiger partial charge in [0, 0.05) is 18.2 Å². The van der Waals surface area contributed by atoms with E-state index in [1.165, 1.54) is 6.26 Å². The van der Waals surface area contributed by atoms with Gasteiger partial charge in [0.05, 0.1) is 5.75 Å². The second-order valence-corrected chi connectivity index (χ2v) is 8.46. The van der Waals surface area contributed by atoms with Gasteiger partial charge >= 0.3 is 0 Å². The summed E-state index contributed by atoms with van der Waals surface area (Å²) in [4.78, 5) is 12.3.